The molecule has 1 aliphatic heterocycles. The lowest BCUT2D eigenvalue weighted by Crippen LogP contribution is -2.45. The van der Waals surface area contributed by atoms with E-state index in [9.17, 15) is 19.1 Å². The number of halogens is 2. The van der Waals surface area contributed by atoms with Gasteiger partial charge in [0, 0.05) is 18.8 Å². The molecule has 0 saturated carbocycles. The van der Waals surface area contributed by atoms with Crippen LogP contribution in [0.5, 0.6) is 0 Å². The zero-order valence-corrected chi connectivity index (χ0v) is 12.9. The minimum atomic E-state index is -0.779. The molecule has 1 aliphatic rings. The zero-order chi connectivity index (χ0) is 16.3. The summed E-state index contributed by atoms with van der Waals surface area (Å²) in [6.07, 6.45) is 0.922. The molecule has 2 amide bonds. The van der Waals surface area contributed by atoms with Crippen LogP contribution in [0, 0.1) is 11.7 Å². The first-order valence-corrected chi connectivity index (χ1v) is 7.49. The number of carbonyl (C=O) groups excluding carboxylic acids is 2. The lowest BCUT2D eigenvalue weighted by molar-refractivity contribution is -0.144. The molecule has 0 bridgehead atoms. The fourth-order valence-electron chi connectivity index (χ4n) is 2.49. The number of hydrogen-bond acceptors (Lipinski definition) is 3. The number of aliphatic hydroxyl groups is 1. The Morgan fingerprint density at radius 1 is 1.41 bits per heavy atom. The maximum Gasteiger partial charge on any atom is 0.313 e. The second-order valence-corrected chi connectivity index (χ2v) is 5.86. The predicted molar refractivity (Wildman–Crippen MR) is 81.0 cm³/mol. The Hall–Kier alpha value is -1.66. The standard InChI is InChI=1S/C15H18ClFN2O3/c1-9(20)10-4-6-19(7-5-10)15(22)14(21)18-11-2-3-13(17)12(16)8-11/h2-3,8-10,20H,4-7H2,1H3,(H,18,21). The summed E-state index contributed by atoms with van der Waals surface area (Å²) in [6.45, 7) is 2.60. The lowest BCUT2D eigenvalue weighted by atomic mass is 9.92. The number of anilines is 1. The Kier molecular flexibility index (Phi) is 5.37. The molecule has 1 saturated heterocycles. The molecule has 1 fully saturated rings. The number of nitrogens with zero attached hydrogens (tertiary/aromatic N) is 1. The molecule has 5 nitrogen and oxygen atoms in total. The average Bonchev–Trinajstić information content (AvgIpc) is 2.50. The van der Waals surface area contributed by atoms with Gasteiger partial charge in [0.05, 0.1) is 11.1 Å². The first kappa shape index (κ1) is 16.7. The van der Waals surface area contributed by atoms with E-state index in [0.29, 0.717) is 25.9 Å². The molecule has 1 unspecified atom stereocenters. The van der Waals surface area contributed by atoms with Crippen LogP contribution < -0.4 is 5.32 Å². The van der Waals surface area contributed by atoms with E-state index in [1.807, 2.05) is 0 Å². The molecule has 0 aliphatic carbocycles. The fraction of sp³-hybridized carbons (Fsp3) is 0.467. The summed E-state index contributed by atoms with van der Waals surface area (Å²) in [6, 6.07) is 3.71. The van der Waals surface area contributed by atoms with Gasteiger partial charge in [0.1, 0.15) is 5.82 Å². The second kappa shape index (κ2) is 7.07. The summed E-state index contributed by atoms with van der Waals surface area (Å²) in [5.74, 6) is -1.85. The van der Waals surface area contributed by atoms with Crippen LogP contribution in [0.25, 0.3) is 0 Å². The molecule has 1 aromatic rings. The maximum atomic E-state index is 13.0. The predicted octanol–water partition coefficient (Wildman–Crippen LogP) is 2.04. The Labute approximate surface area is 133 Å². The van der Waals surface area contributed by atoms with Gasteiger partial charge in [0.25, 0.3) is 0 Å². The molecular formula is C15H18ClFN2O3. The quantitative estimate of drug-likeness (QED) is 0.816. The van der Waals surface area contributed by atoms with Gasteiger partial charge < -0.3 is 15.3 Å². The van der Waals surface area contributed by atoms with Crippen molar-refractivity contribution in [3.8, 4) is 0 Å². The first-order valence-electron chi connectivity index (χ1n) is 7.12. The fourth-order valence-corrected chi connectivity index (χ4v) is 2.67. The molecule has 2 rings (SSSR count). The molecule has 2 N–H and O–H groups in total. The molecule has 0 radical (unpaired) electrons. The van der Waals surface area contributed by atoms with Crippen molar-refractivity contribution in [3.05, 3.63) is 29.0 Å². The normalized spacial score (nSPS) is 17.2. The Morgan fingerprint density at radius 2 is 2.05 bits per heavy atom. The van der Waals surface area contributed by atoms with Crippen LogP contribution in [-0.4, -0.2) is 41.0 Å². The highest BCUT2D eigenvalue weighted by atomic mass is 35.5. The van der Waals surface area contributed by atoms with Crippen molar-refractivity contribution in [1.82, 2.24) is 4.90 Å². The number of nitrogens with one attached hydrogen (secondary N) is 1. The summed E-state index contributed by atoms with van der Waals surface area (Å²) < 4.78 is 13.0. The van der Waals surface area contributed by atoms with E-state index >= 15 is 0 Å². The molecule has 1 aromatic carbocycles. The van der Waals surface area contributed by atoms with Gasteiger partial charge in [0.2, 0.25) is 0 Å². The van der Waals surface area contributed by atoms with Crippen molar-refractivity contribution in [2.24, 2.45) is 5.92 Å². The van der Waals surface area contributed by atoms with Crippen LogP contribution in [0.1, 0.15) is 19.8 Å². The Bertz CT molecular complexity index is 572. The third-order valence-electron chi connectivity index (χ3n) is 3.88. The van der Waals surface area contributed by atoms with E-state index in [1.165, 1.54) is 17.0 Å². The SMILES string of the molecule is CC(O)C1CCN(C(=O)C(=O)Nc2ccc(F)c(Cl)c2)CC1. The smallest absolute Gasteiger partial charge is 0.313 e. The topological polar surface area (TPSA) is 69.6 Å². The summed E-state index contributed by atoms with van der Waals surface area (Å²) in [5, 5.41) is 11.8. The van der Waals surface area contributed by atoms with E-state index in [0.717, 1.165) is 6.07 Å². The average molecular weight is 329 g/mol. The minimum Gasteiger partial charge on any atom is -0.393 e. The van der Waals surface area contributed by atoms with Gasteiger partial charge >= 0.3 is 11.8 Å². The number of hydrogen-bond donors (Lipinski definition) is 2. The zero-order valence-electron chi connectivity index (χ0n) is 12.2. The van der Waals surface area contributed by atoms with Gasteiger partial charge in [-0.1, -0.05) is 11.6 Å². The molecule has 22 heavy (non-hydrogen) atoms. The van der Waals surface area contributed by atoms with Crippen LogP contribution in [0.3, 0.4) is 0 Å². The number of likely N-dealkylation sites (tertiary alicyclic amines) is 1. The van der Waals surface area contributed by atoms with Gasteiger partial charge in [-0.2, -0.15) is 0 Å². The molecule has 0 aromatic heterocycles. The van der Waals surface area contributed by atoms with E-state index in [2.05, 4.69) is 5.32 Å². The van der Waals surface area contributed by atoms with Gasteiger partial charge in [-0.15, -0.1) is 0 Å². The van der Waals surface area contributed by atoms with Crippen molar-refractivity contribution in [2.45, 2.75) is 25.9 Å². The van der Waals surface area contributed by atoms with Crippen LogP contribution in [0.4, 0.5) is 10.1 Å². The van der Waals surface area contributed by atoms with Crippen molar-refractivity contribution in [3.63, 3.8) is 0 Å². The highest BCUT2D eigenvalue weighted by molar-refractivity contribution is 6.39. The molecular weight excluding hydrogens is 311 g/mol. The highest BCUT2D eigenvalue weighted by Gasteiger charge is 2.28. The number of piperidine rings is 1. The van der Waals surface area contributed by atoms with Crippen LogP contribution in [0.2, 0.25) is 5.02 Å². The van der Waals surface area contributed by atoms with Crippen molar-refractivity contribution in [2.75, 3.05) is 18.4 Å². The van der Waals surface area contributed by atoms with E-state index < -0.39 is 23.7 Å². The number of aliphatic hydroxyl groups excluding tert-OH is 1. The van der Waals surface area contributed by atoms with Crippen LogP contribution in [-0.2, 0) is 9.59 Å². The Morgan fingerprint density at radius 3 is 2.59 bits per heavy atom. The number of carbonyl (C=O) groups is 2. The lowest BCUT2D eigenvalue weighted by Gasteiger charge is -2.32. The van der Waals surface area contributed by atoms with Crippen molar-refractivity contribution >= 4 is 29.1 Å². The summed E-state index contributed by atoms with van der Waals surface area (Å²) in [7, 11) is 0. The number of rotatable bonds is 2. The van der Waals surface area contributed by atoms with Crippen LogP contribution >= 0.6 is 11.6 Å². The van der Waals surface area contributed by atoms with Gasteiger partial charge in [0.15, 0.2) is 0 Å². The molecule has 7 heteroatoms. The molecule has 1 heterocycles. The molecule has 0 spiro atoms. The first-order chi connectivity index (χ1) is 10.4. The largest absolute Gasteiger partial charge is 0.393 e. The number of benzene rings is 1. The third-order valence-corrected chi connectivity index (χ3v) is 4.17. The summed E-state index contributed by atoms with van der Waals surface area (Å²) in [5.41, 5.74) is 0.267. The van der Waals surface area contributed by atoms with Gasteiger partial charge in [-0.05, 0) is 43.9 Å². The highest BCUT2D eigenvalue weighted by Crippen LogP contribution is 2.22. The van der Waals surface area contributed by atoms with Gasteiger partial charge in [-0.25, -0.2) is 4.39 Å². The molecule has 120 valence electrons. The van der Waals surface area contributed by atoms with Crippen molar-refractivity contribution in [1.29, 1.82) is 0 Å². The third kappa shape index (κ3) is 3.96. The van der Waals surface area contributed by atoms with Crippen molar-refractivity contribution < 1.29 is 19.1 Å². The monoisotopic (exact) mass is 328 g/mol. The summed E-state index contributed by atoms with van der Waals surface area (Å²) >= 11 is 5.63. The maximum absolute atomic E-state index is 13.0. The minimum absolute atomic E-state index is 0.122. The van der Waals surface area contributed by atoms with E-state index in [4.69, 9.17) is 11.6 Å². The number of amides is 2. The van der Waals surface area contributed by atoms with E-state index in [-0.39, 0.29) is 16.6 Å². The summed E-state index contributed by atoms with van der Waals surface area (Å²) in [4.78, 5) is 25.5. The van der Waals surface area contributed by atoms with Gasteiger partial charge in [-0.3, -0.25) is 9.59 Å². The van der Waals surface area contributed by atoms with Crippen LogP contribution in [0.15, 0.2) is 18.2 Å². The Balaban J connectivity index is 1.92. The van der Waals surface area contributed by atoms with E-state index in [1.54, 1.807) is 6.92 Å². The second-order valence-electron chi connectivity index (χ2n) is 5.45. The molecule has 1 atom stereocenters.